The fourth-order valence-electron chi connectivity index (χ4n) is 4.36. The molecule has 0 aromatic carbocycles. The van der Waals surface area contributed by atoms with Gasteiger partial charge in [0.25, 0.3) is 5.56 Å². The fraction of sp³-hybridized carbons (Fsp3) is 0.375. The first kappa shape index (κ1) is 22.6. The van der Waals surface area contributed by atoms with E-state index < -0.39 is 0 Å². The van der Waals surface area contributed by atoms with Gasteiger partial charge in [0, 0.05) is 53.0 Å². The third-order valence-electron chi connectivity index (χ3n) is 6.18. The Morgan fingerprint density at radius 2 is 2.18 bits per heavy atom. The van der Waals surface area contributed by atoms with Crippen LogP contribution >= 0.6 is 34.4 Å². The van der Waals surface area contributed by atoms with Gasteiger partial charge in [0.2, 0.25) is 0 Å². The molecule has 1 unspecified atom stereocenters. The van der Waals surface area contributed by atoms with Gasteiger partial charge in [-0.05, 0) is 44.2 Å². The zero-order chi connectivity index (χ0) is 23.1. The normalized spacial score (nSPS) is 16.2. The molecule has 4 aromatic heterocycles. The van der Waals surface area contributed by atoms with Crippen molar-refractivity contribution in [2.45, 2.75) is 44.5 Å². The summed E-state index contributed by atoms with van der Waals surface area (Å²) >= 11 is 4.40. The Kier molecular flexibility index (Phi) is 6.30. The topological polar surface area (TPSA) is 66.1 Å². The van der Waals surface area contributed by atoms with Crippen molar-refractivity contribution in [2.75, 3.05) is 12.4 Å². The summed E-state index contributed by atoms with van der Waals surface area (Å²) in [6.45, 7) is 5.64. The summed E-state index contributed by atoms with van der Waals surface area (Å²) in [5.74, 6) is 0.283. The number of thioether (sulfide) groups is 1. The fourth-order valence-corrected chi connectivity index (χ4v) is 7.02. The Bertz CT molecular complexity index is 1380. The van der Waals surface area contributed by atoms with Crippen LogP contribution in [0.2, 0.25) is 0 Å². The Morgan fingerprint density at radius 3 is 2.91 bits per heavy atom. The standard InChI is InChI=1S/C24H25N3O3S3/c1-14-10-17(15(2)27(14)11-16-6-4-8-30-16)19(28)13-33-24-25-22-21(23(29)26(24)3)18(12-32-22)20-7-5-9-31-20/h5,7,9-10,12,16H,4,6,8,11,13H2,1-3H3. The summed E-state index contributed by atoms with van der Waals surface area (Å²) in [4.78, 5) is 32.7. The van der Waals surface area contributed by atoms with E-state index in [4.69, 9.17) is 9.72 Å². The molecule has 1 aliphatic rings. The zero-order valence-corrected chi connectivity index (χ0v) is 21.2. The molecule has 9 heteroatoms. The van der Waals surface area contributed by atoms with Crippen LogP contribution in [0, 0.1) is 13.8 Å². The minimum atomic E-state index is -0.0747. The maximum atomic E-state index is 13.1. The number of thiophene rings is 2. The van der Waals surface area contributed by atoms with E-state index in [-0.39, 0.29) is 23.2 Å². The zero-order valence-electron chi connectivity index (χ0n) is 18.8. The van der Waals surface area contributed by atoms with Crippen molar-refractivity contribution < 1.29 is 9.53 Å². The van der Waals surface area contributed by atoms with Crippen molar-refractivity contribution >= 4 is 50.4 Å². The van der Waals surface area contributed by atoms with Gasteiger partial charge in [-0.1, -0.05) is 17.8 Å². The average molecular weight is 500 g/mol. The Morgan fingerprint density at radius 1 is 1.33 bits per heavy atom. The first-order valence-electron chi connectivity index (χ1n) is 10.9. The average Bonchev–Trinajstić information content (AvgIpc) is 3.60. The van der Waals surface area contributed by atoms with Crippen LogP contribution in [-0.2, 0) is 18.3 Å². The lowest BCUT2D eigenvalue weighted by atomic mass is 10.2. The first-order valence-corrected chi connectivity index (χ1v) is 13.6. The molecule has 172 valence electrons. The van der Waals surface area contributed by atoms with E-state index in [0.717, 1.165) is 53.4 Å². The van der Waals surface area contributed by atoms with Crippen molar-refractivity contribution in [1.29, 1.82) is 0 Å². The molecule has 0 aliphatic carbocycles. The molecule has 6 nitrogen and oxygen atoms in total. The van der Waals surface area contributed by atoms with Crippen LogP contribution in [0.4, 0.5) is 0 Å². The van der Waals surface area contributed by atoms with Crippen LogP contribution in [0.25, 0.3) is 20.7 Å². The second-order valence-electron chi connectivity index (χ2n) is 8.31. The van der Waals surface area contributed by atoms with E-state index in [1.165, 1.54) is 23.1 Å². The van der Waals surface area contributed by atoms with Gasteiger partial charge < -0.3 is 9.30 Å². The molecule has 4 aromatic rings. The molecule has 1 atom stereocenters. The maximum Gasteiger partial charge on any atom is 0.263 e. The lowest BCUT2D eigenvalue weighted by molar-refractivity contribution is 0.0957. The summed E-state index contributed by atoms with van der Waals surface area (Å²) < 4.78 is 9.52. The Hall–Kier alpha value is -2.20. The van der Waals surface area contributed by atoms with E-state index in [1.54, 1.807) is 23.0 Å². The number of hydrogen-bond acceptors (Lipinski definition) is 7. The molecular formula is C24H25N3O3S3. The highest BCUT2D eigenvalue weighted by Crippen LogP contribution is 2.34. The van der Waals surface area contributed by atoms with Gasteiger partial charge in [0.05, 0.1) is 17.2 Å². The highest BCUT2D eigenvalue weighted by atomic mass is 32.2. The van der Waals surface area contributed by atoms with Gasteiger partial charge in [-0.2, -0.15) is 0 Å². The SMILES string of the molecule is Cc1cc(C(=O)CSc2nc3scc(-c4cccs4)c3c(=O)n2C)c(C)n1CC1CCCO1. The molecule has 1 aliphatic heterocycles. The monoisotopic (exact) mass is 499 g/mol. The summed E-state index contributed by atoms with van der Waals surface area (Å²) in [5.41, 5.74) is 3.65. The highest BCUT2D eigenvalue weighted by Gasteiger charge is 2.22. The van der Waals surface area contributed by atoms with Gasteiger partial charge in [-0.25, -0.2) is 4.98 Å². The molecule has 0 spiro atoms. The number of carbonyl (C=O) groups is 1. The summed E-state index contributed by atoms with van der Waals surface area (Å²) in [6, 6.07) is 5.96. The number of nitrogens with zero attached hydrogens (tertiary/aromatic N) is 3. The third-order valence-corrected chi connectivity index (χ3v) is 8.98. The number of hydrogen-bond donors (Lipinski definition) is 0. The Labute approximate surface area is 204 Å². The smallest absolute Gasteiger partial charge is 0.263 e. The molecule has 0 amide bonds. The first-order chi connectivity index (χ1) is 15.9. The van der Waals surface area contributed by atoms with Gasteiger partial charge in [-0.15, -0.1) is 22.7 Å². The molecule has 1 fully saturated rings. The third kappa shape index (κ3) is 4.23. The molecular weight excluding hydrogens is 474 g/mol. The lowest BCUT2D eigenvalue weighted by Crippen LogP contribution is -2.20. The van der Waals surface area contributed by atoms with Crippen LogP contribution in [0.1, 0.15) is 34.6 Å². The van der Waals surface area contributed by atoms with Crippen molar-refractivity contribution in [3.63, 3.8) is 0 Å². The van der Waals surface area contributed by atoms with Crippen LogP contribution in [0.5, 0.6) is 0 Å². The number of ketones is 1. The van der Waals surface area contributed by atoms with Crippen molar-refractivity contribution in [1.82, 2.24) is 14.1 Å². The molecule has 0 bridgehead atoms. The molecule has 5 rings (SSSR count). The van der Waals surface area contributed by atoms with Crippen LogP contribution < -0.4 is 5.56 Å². The van der Waals surface area contributed by atoms with Crippen molar-refractivity contribution in [2.24, 2.45) is 7.05 Å². The summed E-state index contributed by atoms with van der Waals surface area (Å²) in [7, 11) is 1.73. The lowest BCUT2D eigenvalue weighted by Gasteiger charge is -2.14. The second-order valence-corrected chi connectivity index (χ2v) is 11.1. The van der Waals surface area contributed by atoms with Crippen molar-refractivity contribution in [3.05, 3.63) is 56.3 Å². The van der Waals surface area contributed by atoms with Gasteiger partial charge in [0.1, 0.15) is 4.83 Å². The molecule has 0 N–H and O–H groups in total. The highest BCUT2D eigenvalue weighted by molar-refractivity contribution is 7.99. The molecule has 33 heavy (non-hydrogen) atoms. The second kappa shape index (κ2) is 9.21. The van der Waals surface area contributed by atoms with Crippen LogP contribution in [-0.4, -0.2) is 38.4 Å². The van der Waals surface area contributed by atoms with Crippen molar-refractivity contribution in [3.8, 4) is 10.4 Å². The predicted molar refractivity (Wildman–Crippen MR) is 136 cm³/mol. The number of aromatic nitrogens is 3. The number of ether oxygens (including phenoxy) is 1. The van der Waals surface area contributed by atoms with Gasteiger partial charge in [0.15, 0.2) is 10.9 Å². The van der Waals surface area contributed by atoms with E-state index >= 15 is 0 Å². The minimum absolute atomic E-state index is 0.0477. The predicted octanol–water partition coefficient (Wildman–Crippen LogP) is 5.30. The van der Waals surface area contributed by atoms with E-state index in [1.807, 2.05) is 42.8 Å². The van der Waals surface area contributed by atoms with E-state index in [2.05, 4.69) is 4.57 Å². The summed E-state index contributed by atoms with van der Waals surface area (Å²) in [6.07, 6.45) is 2.39. The Balaban J connectivity index is 1.36. The number of aryl methyl sites for hydroxylation is 1. The van der Waals surface area contributed by atoms with Gasteiger partial charge >= 0.3 is 0 Å². The maximum absolute atomic E-state index is 13.1. The van der Waals surface area contributed by atoms with E-state index in [0.29, 0.717) is 15.4 Å². The number of carbonyl (C=O) groups excluding carboxylic acids is 1. The number of Topliss-reactive ketones (excluding diaryl/α,β-unsaturated/α-hetero) is 1. The molecule has 0 radical (unpaired) electrons. The van der Waals surface area contributed by atoms with Crippen LogP contribution in [0.15, 0.2) is 38.9 Å². The molecule has 5 heterocycles. The summed E-state index contributed by atoms with van der Waals surface area (Å²) in [5, 5.41) is 5.21. The van der Waals surface area contributed by atoms with Crippen LogP contribution in [0.3, 0.4) is 0 Å². The minimum Gasteiger partial charge on any atom is -0.376 e. The number of rotatable bonds is 7. The number of fused-ring (bicyclic) bond motifs is 1. The quantitative estimate of drug-likeness (QED) is 0.196. The molecule has 0 saturated carbocycles. The molecule has 1 saturated heterocycles. The van der Waals surface area contributed by atoms with E-state index in [9.17, 15) is 9.59 Å². The largest absolute Gasteiger partial charge is 0.376 e. The van der Waals surface area contributed by atoms with Gasteiger partial charge in [-0.3, -0.25) is 14.2 Å².